The van der Waals surface area contributed by atoms with Gasteiger partial charge in [0.25, 0.3) is 0 Å². The number of hydrogen-bond acceptors (Lipinski definition) is 1. The summed E-state index contributed by atoms with van der Waals surface area (Å²) in [7, 11) is 0. The number of nitrogens with zero attached hydrogens (tertiary/aromatic N) is 2. The Hall–Kier alpha value is -1.58. The van der Waals surface area contributed by atoms with Gasteiger partial charge in [0.15, 0.2) is 5.96 Å². The van der Waals surface area contributed by atoms with E-state index in [0.29, 0.717) is 18.4 Å². The van der Waals surface area contributed by atoms with Gasteiger partial charge in [0, 0.05) is 19.6 Å². The van der Waals surface area contributed by atoms with Crippen molar-refractivity contribution in [2.45, 2.75) is 33.1 Å². The van der Waals surface area contributed by atoms with E-state index in [9.17, 15) is 4.39 Å². The van der Waals surface area contributed by atoms with Gasteiger partial charge in [0.05, 0.1) is 0 Å². The molecule has 1 atom stereocenters. The van der Waals surface area contributed by atoms with Gasteiger partial charge in [-0.15, -0.1) is 0 Å². The molecule has 0 aliphatic carbocycles. The Bertz CT molecular complexity index is 485. The van der Waals surface area contributed by atoms with Crippen LogP contribution in [0, 0.1) is 18.7 Å². The SMILES string of the molecule is Cc1cc(F)ccc1CCN=C(N)N1CCCC(C)C1. The minimum atomic E-state index is -0.184. The zero-order valence-corrected chi connectivity index (χ0v) is 12.4. The summed E-state index contributed by atoms with van der Waals surface area (Å²) >= 11 is 0. The second kappa shape index (κ2) is 6.73. The lowest BCUT2D eigenvalue weighted by molar-refractivity contribution is 0.270. The van der Waals surface area contributed by atoms with Crippen LogP contribution in [0.5, 0.6) is 0 Å². The van der Waals surface area contributed by atoms with E-state index >= 15 is 0 Å². The third-order valence-electron chi connectivity index (χ3n) is 3.94. The van der Waals surface area contributed by atoms with Gasteiger partial charge in [-0.05, 0) is 55.4 Å². The molecule has 20 heavy (non-hydrogen) atoms. The first-order chi connectivity index (χ1) is 9.56. The number of nitrogens with two attached hydrogens (primary N) is 1. The molecule has 1 aromatic carbocycles. The maximum atomic E-state index is 13.0. The van der Waals surface area contributed by atoms with Crippen LogP contribution in [-0.2, 0) is 6.42 Å². The monoisotopic (exact) mass is 277 g/mol. The minimum Gasteiger partial charge on any atom is -0.370 e. The summed E-state index contributed by atoms with van der Waals surface area (Å²) in [5.41, 5.74) is 8.16. The van der Waals surface area contributed by atoms with Crippen molar-refractivity contribution in [3.63, 3.8) is 0 Å². The molecule has 110 valence electrons. The molecule has 0 aromatic heterocycles. The topological polar surface area (TPSA) is 41.6 Å². The van der Waals surface area contributed by atoms with Gasteiger partial charge in [-0.25, -0.2) is 4.39 Å². The molecule has 2 N–H and O–H groups in total. The molecule has 4 heteroatoms. The highest BCUT2D eigenvalue weighted by atomic mass is 19.1. The van der Waals surface area contributed by atoms with E-state index in [1.54, 1.807) is 6.07 Å². The number of rotatable bonds is 3. The van der Waals surface area contributed by atoms with Crippen molar-refractivity contribution in [2.75, 3.05) is 19.6 Å². The van der Waals surface area contributed by atoms with Crippen molar-refractivity contribution in [1.82, 2.24) is 4.90 Å². The molecule has 1 fully saturated rings. The number of piperidine rings is 1. The third kappa shape index (κ3) is 3.95. The zero-order valence-electron chi connectivity index (χ0n) is 12.4. The zero-order chi connectivity index (χ0) is 14.5. The summed E-state index contributed by atoms with van der Waals surface area (Å²) in [6.07, 6.45) is 3.27. The summed E-state index contributed by atoms with van der Waals surface area (Å²) < 4.78 is 13.0. The van der Waals surface area contributed by atoms with Crippen LogP contribution in [0.4, 0.5) is 4.39 Å². The fourth-order valence-electron chi connectivity index (χ4n) is 2.73. The number of benzene rings is 1. The Morgan fingerprint density at radius 1 is 1.50 bits per heavy atom. The van der Waals surface area contributed by atoms with E-state index in [4.69, 9.17) is 5.73 Å². The van der Waals surface area contributed by atoms with Gasteiger partial charge in [-0.1, -0.05) is 13.0 Å². The fraction of sp³-hybridized carbons (Fsp3) is 0.562. The highest BCUT2D eigenvalue weighted by molar-refractivity contribution is 5.78. The van der Waals surface area contributed by atoms with E-state index < -0.39 is 0 Å². The smallest absolute Gasteiger partial charge is 0.191 e. The van der Waals surface area contributed by atoms with Crippen molar-refractivity contribution >= 4 is 5.96 Å². The number of hydrogen-bond donors (Lipinski definition) is 1. The number of likely N-dealkylation sites (tertiary alicyclic amines) is 1. The molecule has 3 nitrogen and oxygen atoms in total. The average molecular weight is 277 g/mol. The molecule has 1 aliphatic rings. The van der Waals surface area contributed by atoms with E-state index in [1.165, 1.54) is 18.9 Å². The summed E-state index contributed by atoms with van der Waals surface area (Å²) in [6.45, 7) is 6.85. The molecule has 1 unspecified atom stereocenters. The second-order valence-corrected chi connectivity index (χ2v) is 5.75. The Morgan fingerprint density at radius 2 is 2.30 bits per heavy atom. The van der Waals surface area contributed by atoms with Crippen LogP contribution in [0.1, 0.15) is 30.9 Å². The number of aryl methyl sites for hydroxylation is 1. The van der Waals surface area contributed by atoms with Gasteiger partial charge in [-0.3, -0.25) is 4.99 Å². The van der Waals surface area contributed by atoms with Gasteiger partial charge >= 0.3 is 0 Å². The Labute approximate surface area is 120 Å². The highest BCUT2D eigenvalue weighted by Crippen LogP contribution is 2.15. The van der Waals surface area contributed by atoms with Gasteiger partial charge in [0.2, 0.25) is 0 Å². The third-order valence-corrected chi connectivity index (χ3v) is 3.94. The van der Waals surface area contributed by atoms with Crippen LogP contribution < -0.4 is 5.73 Å². The Balaban J connectivity index is 1.88. The van der Waals surface area contributed by atoms with Crippen LogP contribution >= 0.6 is 0 Å². The van der Waals surface area contributed by atoms with Crippen molar-refractivity contribution in [1.29, 1.82) is 0 Å². The van der Waals surface area contributed by atoms with E-state index in [1.807, 2.05) is 13.0 Å². The molecular weight excluding hydrogens is 253 g/mol. The summed E-state index contributed by atoms with van der Waals surface area (Å²) in [5, 5.41) is 0. The number of guanidine groups is 1. The lowest BCUT2D eigenvalue weighted by Gasteiger charge is -2.31. The van der Waals surface area contributed by atoms with Gasteiger partial charge < -0.3 is 10.6 Å². The Kier molecular flexibility index (Phi) is 4.99. The highest BCUT2D eigenvalue weighted by Gasteiger charge is 2.17. The van der Waals surface area contributed by atoms with E-state index in [2.05, 4.69) is 16.8 Å². The minimum absolute atomic E-state index is 0.184. The number of aliphatic imine (C=N–C) groups is 1. The lowest BCUT2D eigenvalue weighted by Crippen LogP contribution is -2.43. The quantitative estimate of drug-likeness (QED) is 0.682. The largest absolute Gasteiger partial charge is 0.370 e. The molecule has 0 spiro atoms. The second-order valence-electron chi connectivity index (χ2n) is 5.75. The molecule has 1 aromatic rings. The van der Waals surface area contributed by atoms with E-state index in [0.717, 1.165) is 30.6 Å². The standard InChI is InChI=1S/C16H24FN3/c1-12-4-3-9-20(11-12)16(18)19-8-7-14-5-6-15(17)10-13(14)2/h5-6,10,12H,3-4,7-9,11H2,1-2H3,(H2,18,19). The van der Waals surface area contributed by atoms with Crippen LogP contribution in [-0.4, -0.2) is 30.5 Å². The fourth-order valence-corrected chi connectivity index (χ4v) is 2.73. The van der Waals surface area contributed by atoms with E-state index in [-0.39, 0.29) is 5.82 Å². The predicted molar refractivity (Wildman–Crippen MR) is 81.3 cm³/mol. The summed E-state index contributed by atoms with van der Waals surface area (Å²) in [4.78, 5) is 6.64. The van der Waals surface area contributed by atoms with Crippen molar-refractivity contribution in [3.8, 4) is 0 Å². The van der Waals surface area contributed by atoms with Gasteiger partial charge in [0.1, 0.15) is 5.82 Å². The van der Waals surface area contributed by atoms with Crippen molar-refractivity contribution in [3.05, 3.63) is 35.1 Å². The van der Waals surface area contributed by atoms with Crippen LogP contribution in [0.3, 0.4) is 0 Å². The summed E-state index contributed by atoms with van der Waals surface area (Å²) in [6, 6.07) is 4.90. The molecule has 2 rings (SSSR count). The number of halogens is 1. The lowest BCUT2D eigenvalue weighted by atomic mass is 10.0. The molecule has 0 radical (unpaired) electrons. The molecule has 1 aliphatic heterocycles. The van der Waals surface area contributed by atoms with Crippen LogP contribution in [0.15, 0.2) is 23.2 Å². The predicted octanol–water partition coefficient (Wildman–Crippen LogP) is 2.72. The van der Waals surface area contributed by atoms with Crippen LogP contribution in [0.2, 0.25) is 0 Å². The average Bonchev–Trinajstić information content (AvgIpc) is 2.41. The normalized spacial score (nSPS) is 20.2. The first-order valence-corrected chi connectivity index (χ1v) is 7.36. The Morgan fingerprint density at radius 3 is 3.00 bits per heavy atom. The van der Waals surface area contributed by atoms with Crippen molar-refractivity contribution < 1.29 is 4.39 Å². The molecule has 1 heterocycles. The summed E-state index contributed by atoms with van der Waals surface area (Å²) in [5.74, 6) is 1.16. The molecule has 0 bridgehead atoms. The maximum Gasteiger partial charge on any atom is 0.191 e. The van der Waals surface area contributed by atoms with Crippen molar-refractivity contribution in [2.24, 2.45) is 16.6 Å². The van der Waals surface area contributed by atoms with Gasteiger partial charge in [-0.2, -0.15) is 0 Å². The molecular formula is C16H24FN3. The molecule has 0 saturated carbocycles. The van der Waals surface area contributed by atoms with Crippen LogP contribution in [0.25, 0.3) is 0 Å². The molecule has 0 amide bonds. The maximum absolute atomic E-state index is 13.0. The molecule has 1 saturated heterocycles. The first-order valence-electron chi connectivity index (χ1n) is 7.36. The first kappa shape index (κ1) is 14.8.